The summed E-state index contributed by atoms with van der Waals surface area (Å²) in [5, 5.41) is 27.2. The maximum Gasteiger partial charge on any atom is 0.272 e. The van der Waals surface area contributed by atoms with Crippen LogP contribution in [0.2, 0.25) is 0 Å². The van der Waals surface area contributed by atoms with E-state index < -0.39 is 17.9 Å². The minimum absolute atomic E-state index is 0.0278. The van der Waals surface area contributed by atoms with E-state index in [-0.39, 0.29) is 23.6 Å². The van der Waals surface area contributed by atoms with Crippen LogP contribution in [0, 0.1) is 17.7 Å². The zero-order valence-electron chi connectivity index (χ0n) is 17.5. The van der Waals surface area contributed by atoms with Crippen molar-refractivity contribution in [2.24, 2.45) is 11.8 Å². The number of hydrogen-bond donors (Lipinski definition) is 3. The van der Waals surface area contributed by atoms with Crippen LogP contribution in [0.5, 0.6) is 0 Å². The second kappa shape index (κ2) is 9.97. The molecule has 1 aromatic carbocycles. The van der Waals surface area contributed by atoms with E-state index in [9.17, 15) is 19.1 Å². The number of aliphatic hydroxyl groups is 1. The lowest BCUT2D eigenvalue weighted by Crippen LogP contribution is -2.49. The minimum atomic E-state index is -1.62. The summed E-state index contributed by atoms with van der Waals surface area (Å²) in [6.45, 7) is 4.62. The summed E-state index contributed by atoms with van der Waals surface area (Å²) in [5.74, 6) is -1.77. The Morgan fingerprint density at radius 2 is 1.87 bits per heavy atom. The van der Waals surface area contributed by atoms with Crippen molar-refractivity contribution in [2.75, 3.05) is 13.1 Å². The van der Waals surface area contributed by atoms with Crippen LogP contribution in [0.4, 0.5) is 4.39 Å². The van der Waals surface area contributed by atoms with Gasteiger partial charge >= 0.3 is 0 Å². The molecule has 2 amide bonds. The average molecular weight is 434 g/mol. The molecule has 168 valence electrons. The Balaban J connectivity index is 1.63. The third-order valence-corrected chi connectivity index (χ3v) is 5.49. The average Bonchev–Trinajstić information content (AvgIpc) is 3.26. The number of nitrogens with zero attached hydrogens (tertiary/aromatic N) is 3. The van der Waals surface area contributed by atoms with Gasteiger partial charge in [-0.15, -0.1) is 10.2 Å². The van der Waals surface area contributed by atoms with E-state index in [2.05, 4.69) is 10.2 Å². The number of aromatic nitrogens is 2. The molecule has 0 radical (unpaired) electrons. The lowest BCUT2D eigenvalue weighted by atomic mass is 9.88. The molecule has 31 heavy (non-hydrogen) atoms. The van der Waals surface area contributed by atoms with Gasteiger partial charge in [0.15, 0.2) is 0 Å². The molecule has 9 nitrogen and oxygen atoms in total. The van der Waals surface area contributed by atoms with Gasteiger partial charge in [-0.05, 0) is 49.4 Å². The predicted octanol–water partition coefficient (Wildman–Crippen LogP) is 2.11. The number of rotatable bonds is 7. The first kappa shape index (κ1) is 22.8. The Hall–Kier alpha value is -2.85. The number of benzene rings is 1. The Morgan fingerprint density at radius 3 is 2.45 bits per heavy atom. The van der Waals surface area contributed by atoms with Crippen molar-refractivity contribution < 1.29 is 28.7 Å². The van der Waals surface area contributed by atoms with Gasteiger partial charge < -0.3 is 14.4 Å². The Morgan fingerprint density at radius 1 is 1.23 bits per heavy atom. The highest BCUT2D eigenvalue weighted by Crippen LogP contribution is 2.31. The van der Waals surface area contributed by atoms with E-state index in [1.807, 2.05) is 13.8 Å². The van der Waals surface area contributed by atoms with E-state index in [0.29, 0.717) is 49.7 Å². The summed E-state index contributed by atoms with van der Waals surface area (Å²) in [6.07, 6.45) is -0.120. The first-order chi connectivity index (χ1) is 14.8. The predicted molar refractivity (Wildman–Crippen MR) is 107 cm³/mol. The minimum Gasteiger partial charge on any atom is -0.420 e. The molecule has 10 heteroatoms. The molecule has 3 N–H and O–H groups in total. The highest BCUT2D eigenvalue weighted by Gasteiger charge is 2.37. The number of likely N-dealkylation sites (tertiary alicyclic amines) is 1. The van der Waals surface area contributed by atoms with E-state index in [0.717, 1.165) is 0 Å². The molecule has 0 bridgehead atoms. The van der Waals surface area contributed by atoms with Crippen molar-refractivity contribution in [1.82, 2.24) is 20.6 Å². The SMILES string of the molecule is CC(C)C[C@H](C(=O)N1CCC(c2nnc(-c3ccc(F)cc3)o2)CC1)[C@@H](O)C(=O)NO. The molecular formula is C21H27FN4O5. The third kappa shape index (κ3) is 5.45. The van der Waals surface area contributed by atoms with Crippen LogP contribution in [-0.4, -0.2) is 56.4 Å². The van der Waals surface area contributed by atoms with Gasteiger partial charge in [0.2, 0.25) is 17.7 Å². The molecule has 2 atom stereocenters. The van der Waals surface area contributed by atoms with Crippen molar-refractivity contribution in [3.63, 3.8) is 0 Å². The zero-order chi connectivity index (χ0) is 22.5. The second-order valence-electron chi connectivity index (χ2n) is 8.21. The van der Waals surface area contributed by atoms with Crippen molar-refractivity contribution in [3.05, 3.63) is 36.0 Å². The standard InChI is InChI=1S/C21H27FN4O5/c1-12(2)11-16(17(27)18(28)25-30)21(29)26-9-7-14(8-10-26)20-24-23-19(31-20)13-3-5-15(22)6-4-13/h3-6,12,14,16-17,27,30H,7-11H2,1-2H3,(H,25,28)/t16-,17+/m0/s1. The molecule has 0 spiro atoms. The fourth-order valence-corrected chi connectivity index (χ4v) is 3.81. The summed E-state index contributed by atoms with van der Waals surface area (Å²) in [7, 11) is 0. The molecule has 2 heterocycles. The fourth-order valence-electron chi connectivity index (χ4n) is 3.81. The number of hydrogen-bond acceptors (Lipinski definition) is 7. The Labute approximate surface area is 179 Å². The number of nitrogens with one attached hydrogen (secondary N) is 1. The number of carbonyl (C=O) groups is 2. The Kier molecular flexibility index (Phi) is 7.34. The number of halogens is 1. The number of piperidine rings is 1. The lowest BCUT2D eigenvalue weighted by molar-refractivity contribution is -0.151. The number of amides is 2. The second-order valence-corrected chi connectivity index (χ2v) is 8.21. The molecule has 1 saturated heterocycles. The quantitative estimate of drug-likeness (QED) is 0.450. The van der Waals surface area contributed by atoms with Crippen molar-refractivity contribution in [1.29, 1.82) is 0 Å². The van der Waals surface area contributed by atoms with E-state index in [4.69, 9.17) is 9.62 Å². The molecule has 0 saturated carbocycles. The van der Waals surface area contributed by atoms with Crippen LogP contribution in [0.15, 0.2) is 28.7 Å². The van der Waals surface area contributed by atoms with Crippen LogP contribution in [0.1, 0.15) is 44.9 Å². The summed E-state index contributed by atoms with van der Waals surface area (Å²) in [4.78, 5) is 26.3. The van der Waals surface area contributed by atoms with Gasteiger partial charge in [0.1, 0.15) is 11.9 Å². The monoisotopic (exact) mass is 434 g/mol. The van der Waals surface area contributed by atoms with Crippen LogP contribution < -0.4 is 5.48 Å². The molecule has 2 aromatic rings. The van der Waals surface area contributed by atoms with Crippen LogP contribution >= 0.6 is 0 Å². The van der Waals surface area contributed by atoms with Crippen molar-refractivity contribution >= 4 is 11.8 Å². The maximum atomic E-state index is 13.1. The van der Waals surface area contributed by atoms with Gasteiger partial charge in [-0.25, -0.2) is 9.87 Å². The smallest absolute Gasteiger partial charge is 0.272 e. The summed E-state index contributed by atoms with van der Waals surface area (Å²) < 4.78 is 18.9. The molecule has 1 aliphatic rings. The van der Waals surface area contributed by atoms with Crippen LogP contribution in [0.25, 0.3) is 11.5 Å². The molecule has 1 aliphatic heterocycles. The largest absolute Gasteiger partial charge is 0.420 e. The van der Waals surface area contributed by atoms with Gasteiger partial charge in [-0.2, -0.15) is 0 Å². The van der Waals surface area contributed by atoms with Crippen LogP contribution in [0.3, 0.4) is 0 Å². The maximum absolute atomic E-state index is 13.1. The highest BCUT2D eigenvalue weighted by atomic mass is 19.1. The highest BCUT2D eigenvalue weighted by molar-refractivity contribution is 5.88. The van der Waals surface area contributed by atoms with Crippen molar-refractivity contribution in [2.45, 2.75) is 45.1 Å². The van der Waals surface area contributed by atoms with Crippen LogP contribution in [-0.2, 0) is 9.59 Å². The summed E-state index contributed by atoms with van der Waals surface area (Å²) >= 11 is 0. The number of aliphatic hydroxyl groups excluding tert-OH is 1. The van der Waals surface area contributed by atoms with Crippen molar-refractivity contribution in [3.8, 4) is 11.5 Å². The first-order valence-corrected chi connectivity index (χ1v) is 10.3. The van der Waals surface area contributed by atoms with Gasteiger partial charge in [0.25, 0.3) is 5.91 Å². The third-order valence-electron chi connectivity index (χ3n) is 5.49. The van der Waals surface area contributed by atoms with E-state index in [1.54, 1.807) is 17.0 Å². The van der Waals surface area contributed by atoms with Gasteiger partial charge in [0, 0.05) is 24.6 Å². The topological polar surface area (TPSA) is 129 Å². The Bertz CT molecular complexity index is 893. The fraction of sp³-hybridized carbons (Fsp3) is 0.524. The zero-order valence-corrected chi connectivity index (χ0v) is 17.5. The number of hydroxylamine groups is 1. The molecule has 3 rings (SSSR count). The molecule has 1 aromatic heterocycles. The molecular weight excluding hydrogens is 407 g/mol. The van der Waals surface area contributed by atoms with Gasteiger partial charge in [-0.3, -0.25) is 14.8 Å². The summed E-state index contributed by atoms with van der Waals surface area (Å²) in [6, 6.07) is 5.78. The van der Waals surface area contributed by atoms with Gasteiger partial charge in [0.05, 0.1) is 5.92 Å². The van der Waals surface area contributed by atoms with E-state index in [1.165, 1.54) is 17.6 Å². The number of carbonyl (C=O) groups excluding carboxylic acids is 2. The van der Waals surface area contributed by atoms with Gasteiger partial charge in [-0.1, -0.05) is 13.8 Å². The molecule has 0 unspecified atom stereocenters. The molecule has 0 aliphatic carbocycles. The van der Waals surface area contributed by atoms with E-state index >= 15 is 0 Å². The lowest BCUT2D eigenvalue weighted by Gasteiger charge is -2.34. The summed E-state index contributed by atoms with van der Waals surface area (Å²) in [5.41, 5.74) is 2.04. The first-order valence-electron chi connectivity index (χ1n) is 10.3. The normalized spacial score (nSPS) is 16.9. The molecule has 1 fully saturated rings.